The van der Waals surface area contributed by atoms with Gasteiger partial charge in [-0.25, -0.2) is 4.79 Å². The number of pyridine rings is 1. The molecule has 3 aromatic carbocycles. The Morgan fingerprint density at radius 3 is 2.37 bits per heavy atom. The summed E-state index contributed by atoms with van der Waals surface area (Å²) in [7, 11) is 1.56. The summed E-state index contributed by atoms with van der Waals surface area (Å²) in [5.74, 6) is 0.0559. The van der Waals surface area contributed by atoms with Crippen molar-refractivity contribution in [3.05, 3.63) is 125 Å². The van der Waals surface area contributed by atoms with E-state index in [2.05, 4.69) is 15.6 Å². The van der Waals surface area contributed by atoms with E-state index >= 15 is 0 Å². The third-order valence-electron chi connectivity index (χ3n) is 6.85. The summed E-state index contributed by atoms with van der Waals surface area (Å²) >= 11 is 0. The lowest BCUT2D eigenvalue weighted by atomic mass is 10.00. The summed E-state index contributed by atoms with van der Waals surface area (Å²) in [6.07, 6.45) is 1.91. The summed E-state index contributed by atoms with van der Waals surface area (Å²) in [5.41, 5.74) is 4.52. The SMILES string of the molecule is COc1ccc(C(=O)Nc2ccc(C3OC(=O)N(Cc4cccc(C)c4)C3C(=O)NCc3ccncc3)cc2)cc1. The number of carbonyl (C=O) groups is 3. The molecular weight excluding hydrogens is 520 g/mol. The lowest BCUT2D eigenvalue weighted by Crippen LogP contribution is -2.46. The van der Waals surface area contributed by atoms with Crippen LogP contribution in [0.5, 0.6) is 5.75 Å². The molecule has 2 N–H and O–H groups in total. The molecule has 2 unspecified atom stereocenters. The molecule has 0 aliphatic carbocycles. The van der Waals surface area contributed by atoms with Gasteiger partial charge in [0.05, 0.1) is 13.7 Å². The van der Waals surface area contributed by atoms with Crippen LogP contribution in [0, 0.1) is 6.92 Å². The molecule has 9 heteroatoms. The van der Waals surface area contributed by atoms with Crippen molar-refractivity contribution in [3.63, 3.8) is 0 Å². The highest BCUT2D eigenvalue weighted by molar-refractivity contribution is 6.04. The Hall–Kier alpha value is -5.18. The number of benzene rings is 3. The second-order valence-electron chi connectivity index (χ2n) is 9.74. The number of hydrogen-bond acceptors (Lipinski definition) is 6. The van der Waals surface area contributed by atoms with Crippen LogP contribution in [0.25, 0.3) is 0 Å². The van der Waals surface area contributed by atoms with Gasteiger partial charge >= 0.3 is 6.09 Å². The molecule has 1 fully saturated rings. The van der Waals surface area contributed by atoms with E-state index < -0.39 is 18.2 Å². The molecule has 208 valence electrons. The molecule has 9 nitrogen and oxygen atoms in total. The minimum absolute atomic E-state index is 0.223. The van der Waals surface area contributed by atoms with Gasteiger partial charge in [-0.15, -0.1) is 0 Å². The van der Waals surface area contributed by atoms with Crippen LogP contribution < -0.4 is 15.4 Å². The molecule has 1 aliphatic rings. The summed E-state index contributed by atoms with van der Waals surface area (Å²) in [5, 5.41) is 5.80. The fraction of sp³-hybridized carbons (Fsp3) is 0.188. The molecule has 1 aromatic heterocycles. The minimum Gasteiger partial charge on any atom is -0.497 e. The largest absolute Gasteiger partial charge is 0.497 e. The van der Waals surface area contributed by atoms with Crippen molar-refractivity contribution < 1.29 is 23.9 Å². The zero-order valence-electron chi connectivity index (χ0n) is 22.7. The molecule has 1 saturated heterocycles. The van der Waals surface area contributed by atoms with Crippen molar-refractivity contribution in [3.8, 4) is 5.75 Å². The first-order chi connectivity index (χ1) is 19.9. The first-order valence-corrected chi connectivity index (χ1v) is 13.2. The van der Waals surface area contributed by atoms with Gasteiger partial charge in [-0.3, -0.25) is 19.5 Å². The van der Waals surface area contributed by atoms with Crippen LogP contribution in [-0.4, -0.2) is 40.9 Å². The summed E-state index contributed by atoms with van der Waals surface area (Å²) in [6, 6.07) is 24.3. The van der Waals surface area contributed by atoms with Crippen LogP contribution in [0.1, 0.15) is 38.7 Å². The first kappa shape index (κ1) is 27.4. The van der Waals surface area contributed by atoms with Gasteiger partial charge in [-0.2, -0.15) is 0 Å². The van der Waals surface area contributed by atoms with Crippen LogP contribution in [0.4, 0.5) is 10.5 Å². The molecule has 41 heavy (non-hydrogen) atoms. The third-order valence-corrected chi connectivity index (χ3v) is 6.85. The molecule has 2 atom stereocenters. The Bertz CT molecular complexity index is 1520. The predicted molar refractivity (Wildman–Crippen MR) is 153 cm³/mol. The third kappa shape index (κ3) is 6.52. The molecule has 0 saturated carbocycles. The van der Waals surface area contributed by atoms with Gasteiger partial charge in [-0.05, 0) is 72.1 Å². The number of ether oxygens (including phenoxy) is 2. The van der Waals surface area contributed by atoms with E-state index in [1.807, 2.05) is 43.3 Å². The maximum Gasteiger partial charge on any atom is 0.411 e. The van der Waals surface area contributed by atoms with Crippen LogP contribution in [-0.2, 0) is 22.6 Å². The van der Waals surface area contributed by atoms with Crippen molar-refractivity contribution in [1.29, 1.82) is 0 Å². The van der Waals surface area contributed by atoms with Crippen molar-refractivity contribution in [1.82, 2.24) is 15.2 Å². The van der Waals surface area contributed by atoms with Crippen LogP contribution in [0.3, 0.4) is 0 Å². The van der Waals surface area contributed by atoms with E-state index in [-0.39, 0.29) is 24.9 Å². The minimum atomic E-state index is -0.899. The number of carbonyl (C=O) groups excluding carboxylic acids is 3. The Morgan fingerprint density at radius 2 is 1.68 bits per heavy atom. The Kier molecular flexibility index (Phi) is 8.24. The van der Waals surface area contributed by atoms with Gasteiger partial charge in [0.1, 0.15) is 5.75 Å². The van der Waals surface area contributed by atoms with Gasteiger partial charge in [0, 0.05) is 30.2 Å². The average Bonchev–Trinajstić information content (AvgIpc) is 3.32. The van der Waals surface area contributed by atoms with Gasteiger partial charge in [0.15, 0.2) is 12.1 Å². The molecule has 0 radical (unpaired) electrons. The summed E-state index contributed by atoms with van der Waals surface area (Å²) in [6.45, 7) is 2.48. The van der Waals surface area contributed by atoms with Gasteiger partial charge in [0.25, 0.3) is 5.91 Å². The lowest BCUT2D eigenvalue weighted by Gasteiger charge is -2.24. The highest BCUT2D eigenvalue weighted by Crippen LogP contribution is 2.34. The molecule has 4 aromatic rings. The molecule has 0 bridgehead atoms. The van der Waals surface area contributed by atoms with E-state index in [1.165, 1.54) is 4.90 Å². The number of nitrogens with zero attached hydrogens (tertiary/aromatic N) is 2. The molecule has 2 heterocycles. The standard InChI is InChI=1S/C32H30N4O5/c1-21-4-3-5-23(18-21)20-36-28(31(38)34-19-22-14-16-33-17-15-22)29(41-32(36)39)24-6-10-26(11-7-24)35-30(37)25-8-12-27(40-2)13-9-25/h3-18,28-29H,19-20H2,1-2H3,(H,34,38)(H,35,37). The number of anilines is 1. The maximum atomic E-state index is 13.6. The monoisotopic (exact) mass is 550 g/mol. The summed E-state index contributed by atoms with van der Waals surface area (Å²) < 4.78 is 10.9. The lowest BCUT2D eigenvalue weighted by molar-refractivity contribution is -0.126. The maximum absolute atomic E-state index is 13.6. The number of hydrogen-bond donors (Lipinski definition) is 2. The smallest absolute Gasteiger partial charge is 0.411 e. The normalized spacial score (nSPS) is 16.1. The predicted octanol–water partition coefficient (Wildman–Crippen LogP) is 5.03. The highest BCUT2D eigenvalue weighted by Gasteiger charge is 2.46. The first-order valence-electron chi connectivity index (χ1n) is 13.2. The van der Waals surface area contributed by atoms with Crippen LogP contribution in [0.2, 0.25) is 0 Å². The van der Waals surface area contributed by atoms with E-state index in [0.29, 0.717) is 22.6 Å². The fourth-order valence-electron chi connectivity index (χ4n) is 4.71. The fourth-order valence-corrected chi connectivity index (χ4v) is 4.71. The Morgan fingerprint density at radius 1 is 0.951 bits per heavy atom. The zero-order chi connectivity index (χ0) is 28.8. The Balaban J connectivity index is 1.35. The number of amides is 3. The van der Waals surface area contributed by atoms with Crippen molar-refractivity contribution in [2.24, 2.45) is 0 Å². The number of methoxy groups -OCH3 is 1. The number of cyclic esters (lactones) is 1. The van der Waals surface area contributed by atoms with Crippen molar-refractivity contribution >= 4 is 23.6 Å². The van der Waals surface area contributed by atoms with Gasteiger partial charge in [0.2, 0.25) is 5.91 Å². The van der Waals surface area contributed by atoms with Crippen molar-refractivity contribution in [2.75, 3.05) is 12.4 Å². The average molecular weight is 551 g/mol. The number of aromatic nitrogens is 1. The number of nitrogens with one attached hydrogen (secondary N) is 2. The highest BCUT2D eigenvalue weighted by atomic mass is 16.6. The molecule has 3 amide bonds. The van der Waals surface area contributed by atoms with E-state index in [1.54, 1.807) is 68.0 Å². The van der Waals surface area contributed by atoms with E-state index in [0.717, 1.165) is 16.7 Å². The van der Waals surface area contributed by atoms with Crippen LogP contribution in [0.15, 0.2) is 97.3 Å². The second-order valence-corrected chi connectivity index (χ2v) is 9.74. The summed E-state index contributed by atoms with van der Waals surface area (Å²) in [4.78, 5) is 44.8. The van der Waals surface area contributed by atoms with Gasteiger partial charge in [-0.1, -0.05) is 42.0 Å². The Labute approximate surface area is 238 Å². The number of aryl methyl sites for hydroxylation is 1. The van der Waals surface area contributed by atoms with Gasteiger partial charge < -0.3 is 20.1 Å². The van der Waals surface area contributed by atoms with E-state index in [4.69, 9.17) is 9.47 Å². The van der Waals surface area contributed by atoms with E-state index in [9.17, 15) is 14.4 Å². The topological polar surface area (TPSA) is 110 Å². The zero-order valence-corrected chi connectivity index (χ0v) is 22.7. The molecule has 1 aliphatic heterocycles. The van der Waals surface area contributed by atoms with Crippen molar-refractivity contribution in [2.45, 2.75) is 32.2 Å². The second kappa shape index (κ2) is 12.3. The quantitative estimate of drug-likeness (QED) is 0.303. The molecular formula is C32H30N4O5. The van der Waals surface area contributed by atoms with Crippen LogP contribution >= 0.6 is 0 Å². The molecule has 5 rings (SSSR count). The molecule has 0 spiro atoms. The number of rotatable bonds is 9.